The molecule has 0 aromatic carbocycles. The van der Waals surface area contributed by atoms with Gasteiger partial charge in [-0.1, -0.05) is 34.1 Å². The van der Waals surface area contributed by atoms with Gasteiger partial charge in [0.05, 0.1) is 0 Å². The second kappa shape index (κ2) is 5.30. The summed E-state index contributed by atoms with van der Waals surface area (Å²) in [6.07, 6.45) is 7.26. The molecule has 2 atom stereocenters. The third-order valence-corrected chi connectivity index (χ3v) is 5.11. The Morgan fingerprint density at radius 3 is 2.47 bits per heavy atom. The van der Waals surface area contributed by atoms with E-state index in [2.05, 4.69) is 32.6 Å². The van der Waals surface area contributed by atoms with E-state index < -0.39 is 0 Å². The van der Waals surface area contributed by atoms with E-state index >= 15 is 0 Å². The first-order valence-electron chi connectivity index (χ1n) is 7.77. The molecule has 2 aliphatic rings. The van der Waals surface area contributed by atoms with Crippen LogP contribution < -0.4 is 0 Å². The molecule has 0 spiro atoms. The van der Waals surface area contributed by atoms with Crippen LogP contribution in [0.4, 0.5) is 0 Å². The number of rotatable bonds is 6. The fourth-order valence-corrected chi connectivity index (χ4v) is 3.75. The molecule has 2 unspecified atom stereocenters. The average molecular weight is 237 g/mol. The van der Waals surface area contributed by atoms with Crippen molar-refractivity contribution in [1.82, 2.24) is 4.90 Å². The van der Waals surface area contributed by atoms with Crippen LogP contribution in [-0.2, 0) is 0 Å². The summed E-state index contributed by atoms with van der Waals surface area (Å²) in [6, 6.07) is 0. The van der Waals surface area contributed by atoms with Crippen LogP contribution in [-0.4, -0.2) is 24.5 Å². The van der Waals surface area contributed by atoms with Gasteiger partial charge in [0.25, 0.3) is 0 Å². The minimum absolute atomic E-state index is 0.735. The molecule has 1 heteroatoms. The van der Waals surface area contributed by atoms with Crippen molar-refractivity contribution in [3.05, 3.63) is 0 Å². The molecule has 17 heavy (non-hydrogen) atoms. The van der Waals surface area contributed by atoms with E-state index in [9.17, 15) is 0 Å². The van der Waals surface area contributed by atoms with Gasteiger partial charge in [-0.05, 0) is 55.4 Å². The molecule has 0 aromatic heterocycles. The van der Waals surface area contributed by atoms with Gasteiger partial charge in [0.15, 0.2) is 0 Å². The molecule has 2 fully saturated rings. The van der Waals surface area contributed by atoms with Gasteiger partial charge < -0.3 is 4.90 Å². The van der Waals surface area contributed by atoms with Gasteiger partial charge in [-0.3, -0.25) is 0 Å². The molecule has 1 aliphatic heterocycles. The number of hydrogen-bond donors (Lipinski definition) is 0. The van der Waals surface area contributed by atoms with Gasteiger partial charge in [0.2, 0.25) is 0 Å². The minimum atomic E-state index is 0.735. The van der Waals surface area contributed by atoms with E-state index in [1.54, 1.807) is 0 Å². The Labute approximate surface area is 108 Å². The predicted molar refractivity (Wildman–Crippen MR) is 75.1 cm³/mol. The largest absolute Gasteiger partial charge is 0.302 e. The topological polar surface area (TPSA) is 3.24 Å². The summed E-state index contributed by atoms with van der Waals surface area (Å²) in [5.74, 6) is 2.79. The van der Waals surface area contributed by atoms with Gasteiger partial charge in [-0.2, -0.15) is 0 Å². The molecule has 0 radical (unpaired) electrons. The van der Waals surface area contributed by atoms with Gasteiger partial charge in [-0.25, -0.2) is 0 Å². The zero-order valence-corrected chi connectivity index (χ0v) is 12.3. The molecule has 0 N–H and O–H groups in total. The Kier molecular flexibility index (Phi) is 4.18. The van der Waals surface area contributed by atoms with Crippen molar-refractivity contribution in [3.63, 3.8) is 0 Å². The SMILES string of the molecule is CCC(C)C1CCN(CC2(CC(C)C)CC2)C1. The number of likely N-dealkylation sites (tertiary alicyclic amines) is 1. The van der Waals surface area contributed by atoms with Crippen molar-refractivity contribution in [2.45, 2.75) is 59.8 Å². The second-order valence-corrected chi connectivity index (χ2v) is 7.27. The van der Waals surface area contributed by atoms with Gasteiger partial charge in [-0.15, -0.1) is 0 Å². The van der Waals surface area contributed by atoms with Crippen LogP contribution >= 0.6 is 0 Å². The highest BCUT2D eigenvalue weighted by molar-refractivity contribution is 4.97. The van der Waals surface area contributed by atoms with E-state index in [4.69, 9.17) is 0 Å². The third kappa shape index (κ3) is 3.47. The van der Waals surface area contributed by atoms with Crippen LogP contribution in [0.25, 0.3) is 0 Å². The van der Waals surface area contributed by atoms with Crippen molar-refractivity contribution < 1.29 is 0 Å². The monoisotopic (exact) mass is 237 g/mol. The first-order chi connectivity index (χ1) is 8.04. The zero-order chi connectivity index (χ0) is 12.5. The lowest BCUT2D eigenvalue weighted by Gasteiger charge is -2.25. The van der Waals surface area contributed by atoms with Gasteiger partial charge in [0, 0.05) is 13.1 Å². The summed E-state index contributed by atoms with van der Waals surface area (Å²) in [5, 5.41) is 0. The molecule has 2 rings (SSSR count). The summed E-state index contributed by atoms with van der Waals surface area (Å²) in [6.45, 7) is 13.7. The normalized spacial score (nSPS) is 29.8. The van der Waals surface area contributed by atoms with Crippen molar-refractivity contribution in [3.8, 4) is 0 Å². The fourth-order valence-electron chi connectivity index (χ4n) is 3.75. The number of nitrogens with zero attached hydrogens (tertiary/aromatic N) is 1. The third-order valence-electron chi connectivity index (χ3n) is 5.11. The predicted octanol–water partition coefficient (Wildman–Crippen LogP) is 4.18. The van der Waals surface area contributed by atoms with E-state index in [1.165, 1.54) is 51.7 Å². The quantitative estimate of drug-likeness (QED) is 0.670. The first-order valence-corrected chi connectivity index (χ1v) is 7.77. The van der Waals surface area contributed by atoms with Gasteiger partial charge >= 0.3 is 0 Å². The van der Waals surface area contributed by atoms with E-state index in [0.29, 0.717) is 0 Å². The molecule has 1 heterocycles. The Hall–Kier alpha value is -0.0400. The highest BCUT2D eigenvalue weighted by Gasteiger charge is 2.44. The zero-order valence-electron chi connectivity index (χ0n) is 12.3. The van der Waals surface area contributed by atoms with Crippen molar-refractivity contribution in [2.75, 3.05) is 19.6 Å². The Bertz CT molecular complexity index is 242. The lowest BCUT2D eigenvalue weighted by atomic mass is 9.91. The van der Waals surface area contributed by atoms with Crippen molar-refractivity contribution in [1.29, 1.82) is 0 Å². The fraction of sp³-hybridized carbons (Fsp3) is 1.00. The van der Waals surface area contributed by atoms with E-state index in [0.717, 1.165) is 23.2 Å². The lowest BCUT2D eigenvalue weighted by Crippen LogP contribution is -2.30. The summed E-state index contributed by atoms with van der Waals surface area (Å²) < 4.78 is 0. The Morgan fingerprint density at radius 1 is 1.24 bits per heavy atom. The smallest absolute Gasteiger partial charge is 0.00382 e. The molecular weight excluding hydrogens is 206 g/mol. The van der Waals surface area contributed by atoms with E-state index in [1.807, 2.05) is 0 Å². The van der Waals surface area contributed by atoms with Crippen LogP contribution in [0.5, 0.6) is 0 Å². The van der Waals surface area contributed by atoms with Crippen molar-refractivity contribution in [2.24, 2.45) is 23.2 Å². The maximum Gasteiger partial charge on any atom is 0.00382 e. The van der Waals surface area contributed by atoms with Crippen LogP contribution in [0.3, 0.4) is 0 Å². The summed E-state index contributed by atoms with van der Waals surface area (Å²) in [7, 11) is 0. The average Bonchev–Trinajstić information content (AvgIpc) is 2.84. The molecule has 1 saturated carbocycles. The molecular formula is C16H31N. The first kappa shape index (κ1) is 13.4. The van der Waals surface area contributed by atoms with E-state index in [-0.39, 0.29) is 0 Å². The van der Waals surface area contributed by atoms with Crippen LogP contribution in [0, 0.1) is 23.2 Å². The maximum absolute atomic E-state index is 2.77. The summed E-state index contributed by atoms with van der Waals surface area (Å²) in [4.78, 5) is 2.77. The van der Waals surface area contributed by atoms with Gasteiger partial charge in [0.1, 0.15) is 0 Å². The molecule has 1 saturated heterocycles. The van der Waals surface area contributed by atoms with Crippen molar-refractivity contribution >= 4 is 0 Å². The molecule has 1 nitrogen and oxygen atoms in total. The molecule has 1 aliphatic carbocycles. The lowest BCUT2D eigenvalue weighted by molar-refractivity contribution is 0.221. The standard InChI is InChI=1S/C16H31N/c1-5-14(4)15-6-9-17(11-15)12-16(7-8-16)10-13(2)3/h13-15H,5-12H2,1-4H3. The highest BCUT2D eigenvalue weighted by atomic mass is 15.2. The molecule has 100 valence electrons. The summed E-state index contributed by atoms with van der Waals surface area (Å²) >= 11 is 0. The minimum Gasteiger partial charge on any atom is -0.302 e. The number of hydrogen-bond acceptors (Lipinski definition) is 1. The summed E-state index contributed by atoms with van der Waals surface area (Å²) in [5.41, 5.74) is 0.735. The Balaban J connectivity index is 1.78. The Morgan fingerprint density at radius 2 is 1.94 bits per heavy atom. The molecule has 0 aromatic rings. The molecule has 0 amide bonds. The van der Waals surface area contributed by atoms with Crippen LogP contribution in [0.15, 0.2) is 0 Å². The molecule has 0 bridgehead atoms. The van der Waals surface area contributed by atoms with Crippen LogP contribution in [0.2, 0.25) is 0 Å². The van der Waals surface area contributed by atoms with Crippen LogP contribution in [0.1, 0.15) is 59.8 Å². The highest BCUT2D eigenvalue weighted by Crippen LogP contribution is 2.51. The second-order valence-electron chi connectivity index (χ2n) is 7.27. The maximum atomic E-state index is 2.77.